The molecule has 1 aromatic heterocycles. The van der Waals surface area contributed by atoms with E-state index in [1.165, 1.54) is 6.07 Å². The van der Waals surface area contributed by atoms with Crippen LogP contribution in [0.5, 0.6) is 0 Å². The van der Waals surface area contributed by atoms with Crippen molar-refractivity contribution in [2.75, 3.05) is 5.32 Å². The maximum atomic E-state index is 11.3. The SMILES string of the molecule is O=C(O)c1cc(Cl)cc2nc(Nc3cccc(Cl)c3Cl)[nH]c12. The van der Waals surface area contributed by atoms with Crippen LogP contribution in [0.25, 0.3) is 11.0 Å². The van der Waals surface area contributed by atoms with E-state index in [1.807, 2.05) is 0 Å². The van der Waals surface area contributed by atoms with Crippen molar-refractivity contribution >= 4 is 63.4 Å². The number of anilines is 2. The number of rotatable bonds is 3. The second-order valence-electron chi connectivity index (χ2n) is 4.46. The maximum Gasteiger partial charge on any atom is 0.337 e. The minimum atomic E-state index is -1.09. The Hall–Kier alpha value is -1.95. The normalized spacial score (nSPS) is 10.9. The zero-order chi connectivity index (χ0) is 15.9. The number of halogens is 3. The van der Waals surface area contributed by atoms with Crippen molar-refractivity contribution in [3.8, 4) is 0 Å². The Morgan fingerprint density at radius 2 is 2.00 bits per heavy atom. The van der Waals surface area contributed by atoms with Crippen LogP contribution in [0.15, 0.2) is 30.3 Å². The number of benzene rings is 2. The topological polar surface area (TPSA) is 78.0 Å². The highest BCUT2D eigenvalue weighted by molar-refractivity contribution is 6.43. The van der Waals surface area contributed by atoms with Crippen LogP contribution in [0.4, 0.5) is 11.6 Å². The molecule has 0 radical (unpaired) electrons. The van der Waals surface area contributed by atoms with Crippen LogP contribution in [0.2, 0.25) is 15.1 Å². The van der Waals surface area contributed by atoms with Gasteiger partial charge in [0.2, 0.25) is 5.95 Å². The number of aromatic nitrogens is 2. The fourth-order valence-electron chi connectivity index (χ4n) is 2.03. The van der Waals surface area contributed by atoms with E-state index >= 15 is 0 Å². The largest absolute Gasteiger partial charge is 0.478 e. The fraction of sp³-hybridized carbons (Fsp3) is 0. The summed E-state index contributed by atoms with van der Waals surface area (Å²) in [5, 5.41) is 13.2. The van der Waals surface area contributed by atoms with Gasteiger partial charge in [0.05, 0.1) is 32.3 Å². The smallest absolute Gasteiger partial charge is 0.337 e. The molecule has 3 rings (SSSR count). The number of aromatic amines is 1. The molecule has 1 heterocycles. The molecule has 22 heavy (non-hydrogen) atoms. The average molecular weight is 357 g/mol. The first-order chi connectivity index (χ1) is 10.5. The highest BCUT2D eigenvalue weighted by atomic mass is 35.5. The molecule has 0 spiro atoms. The molecule has 0 aliphatic heterocycles. The van der Waals surface area contributed by atoms with E-state index in [9.17, 15) is 9.90 Å². The van der Waals surface area contributed by atoms with Gasteiger partial charge in [-0.25, -0.2) is 9.78 Å². The van der Waals surface area contributed by atoms with E-state index < -0.39 is 5.97 Å². The maximum absolute atomic E-state index is 11.3. The minimum absolute atomic E-state index is 0.0419. The number of hydrogen-bond donors (Lipinski definition) is 3. The molecular formula is C14H8Cl3N3O2. The van der Waals surface area contributed by atoms with Crippen LogP contribution in [0.3, 0.4) is 0 Å². The van der Waals surface area contributed by atoms with Gasteiger partial charge in [-0.3, -0.25) is 0 Å². The lowest BCUT2D eigenvalue weighted by Gasteiger charge is -2.06. The van der Waals surface area contributed by atoms with Gasteiger partial charge in [0.15, 0.2) is 0 Å². The molecule has 0 saturated carbocycles. The average Bonchev–Trinajstić information content (AvgIpc) is 2.85. The Balaban J connectivity index is 2.07. The number of nitrogens with one attached hydrogen (secondary N) is 2. The van der Waals surface area contributed by atoms with Crippen molar-refractivity contribution in [3.63, 3.8) is 0 Å². The standard InChI is InChI=1S/C14H8Cl3N3O2/c15-6-4-7(13(21)22)12-10(5-6)19-14(20-12)18-9-3-1-2-8(16)11(9)17/h1-5H,(H,21,22)(H2,18,19,20). The Kier molecular flexibility index (Phi) is 3.87. The van der Waals surface area contributed by atoms with Crippen molar-refractivity contribution in [2.45, 2.75) is 0 Å². The second-order valence-corrected chi connectivity index (χ2v) is 5.69. The zero-order valence-corrected chi connectivity index (χ0v) is 13.1. The summed E-state index contributed by atoms with van der Waals surface area (Å²) >= 11 is 18.0. The Morgan fingerprint density at radius 1 is 1.23 bits per heavy atom. The van der Waals surface area contributed by atoms with Crippen LogP contribution in [0, 0.1) is 0 Å². The number of aromatic carboxylic acids is 1. The molecule has 0 bridgehead atoms. The number of H-pyrrole nitrogens is 1. The van der Waals surface area contributed by atoms with Crippen LogP contribution < -0.4 is 5.32 Å². The number of fused-ring (bicyclic) bond motifs is 1. The molecule has 3 aromatic rings. The first kappa shape index (κ1) is 15.0. The van der Waals surface area contributed by atoms with Gasteiger partial charge in [0.25, 0.3) is 0 Å². The first-order valence-corrected chi connectivity index (χ1v) is 7.22. The molecule has 0 saturated heterocycles. The van der Waals surface area contributed by atoms with Crippen molar-refractivity contribution in [3.05, 3.63) is 51.0 Å². The summed E-state index contributed by atoms with van der Waals surface area (Å²) in [5.41, 5.74) is 1.40. The summed E-state index contributed by atoms with van der Waals surface area (Å²) in [5.74, 6) is -0.757. The first-order valence-electron chi connectivity index (χ1n) is 6.09. The lowest BCUT2D eigenvalue weighted by atomic mass is 10.2. The third-order valence-electron chi connectivity index (χ3n) is 2.99. The van der Waals surface area contributed by atoms with Gasteiger partial charge in [0.1, 0.15) is 0 Å². The minimum Gasteiger partial charge on any atom is -0.478 e. The summed E-state index contributed by atoms with van der Waals surface area (Å²) in [6.07, 6.45) is 0. The molecule has 5 nitrogen and oxygen atoms in total. The molecule has 112 valence electrons. The Morgan fingerprint density at radius 3 is 2.73 bits per heavy atom. The van der Waals surface area contributed by atoms with E-state index in [2.05, 4.69) is 15.3 Å². The zero-order valence-electron chi connectivity index (χ0n) is 10.8. The molecule has 8 heteroatoms. The van der Waals surface area contributed by atoms with E-state index in [1.54, 1.807) is 24.3 Å². The highest BCUT2D eigenvalue weighted by Crippen LogP contribution is 2.32. The lowest BCUT2D eigenvalue weighted by molar-refractivity contribution is 0.0699. The third kappa shape index (κ3) is 2.70. The second kappa shape index (κ2) is 5.68. The van der Waals surface area contributed by atoms with Gasteiger partial charge < -0.3 is 15.4 Å². The van der Waals surface area contributed by atoms with E-state index in [0.717, 1.165) is 0 Å². The van der Waals surface area contributed by atoms with Crippen molar-refractivity contribution < 1.29 is 9.90 Å². The van der Waals surface area contributed by atoms with E-state index in [-0.39, 0.29) is 5.56 Å². The van der Waals surface area contributed by atoms with Crippen LogP contribution >= 0.6 is 34.8 Å². The van der Waals surface area contributed by atoms with Gasteiger partial charge in [0, 0.05) is 5.02 Å². The summed E-state index contributed by atoms with van der Waals surface area (Å²) in [4.78, 5) is 18.4. The monoisotopic (exact) mass is 355 g/mol. The number of nitrogens with zero attached hydrogens (tertiary/aromatic N) is 1. The van der Waals surface area contributed by atoms with Crippen LogP contribution in [-0.4, -0.2) is 21.0 Å². The lowest BCUT2D eigenvalue weighted by Crippen LogP contribution is -1.97. The van der Waals surface area contributed by atoms with Crippen LogP contribution in [-0.2, 0) is 0 Å². The number of carboxylic acids is 1. The van der Waals surface area contributed by atoms with Gasteiger partial charge in [-0.15, -0.1) is 0 Å². The molecule has 0 unspecified atom stereocenters. The van der Waals surface area contributed by atoms with Gasteiger partial charge in [-0.1, -0.05) is 40.9 Å². The molecule has 3 N–H and O–H groups in total. The molecule has 0 aliphatic rings. The fourth-order valence-corrected chi connectivity index (χ4v) is 2.59. The Labute approximate surface area is 139 Å². The number of carboxylic acid groups (broad SMARTS) is 1. The molecule has 0 atom stereocenters. The van der Waals surface area contributed by atoms with Gasteiger partial charge >= 0.3 is 5.97 Å². The molecule has 0 fully saturated rings. The third-order valence-corrected chi connectivity index (χ3v) is 4.03. The van der Waals surface area contributed by atoms with Crippen molar-refractivity contribution in [1.82, 2.24) is 9.97 Å². The summed E-state index contributed by atoms with van der Waals surface area (Å²) in [6, 6.07) is 8.06. The van der Waals surface area contributed by atoms with Gasteiger partial charge in [-0.05, 0) is 24.3 Å². The van der Waals surface area contributed by atoms with Crippen molar-refractivity contribution in [2.24, 2.45) is 0 Å². The highest BCUT2D eigenvalue weighted by Gasteiger charge is 2.15. The summed E-state index contributed by atoms with van der Waals surface area (Å²) in [7, 11) is 0. The van der Waals surface area contributed by atoms with Gasteiger partial charge in [-0.2, -0.15) is 0 Å². The molecule has 0 aliphatic carbocycles. The number of hydrogen-bond acceptors (Lipinski definition) is 3. The molecular weight excluding hydrogens is 349 g/mol. The molecule has 2 aromatic carbocycles. The number of carbonyl (C=O) groups is 1. The van der Waals surface area contributed by atoms with Crippen molar-refractivity contribution in [1.29, 1.82) is 0 Å². The number of imidazole rings is 1. The quantitative estimate of drug-likeness (QED) is 0.619. The molecule has 0 amide bonds. The van der Waals surface area contributed by atoms with E-state index in [0.29, 0.717) is 37.7 Å². The van der Waals surface area contributed by atoms with E-state index in [4.69, 9.17) is 34.8 Å². The van der Waals surface area contributed by atoms with Crippen LogP contribution in [0.1, 0.15) is 10.4 Å². The predicted molar refractivity (Wildman–Crippen MR) is 87.8 cm³/mol. The summed E-state index contributed by atoms with van der Waals surface area (Å²) in [6.45, 7) is 0. The predicted octanol–water partition coefficient (Wildman–Crippen LogP) is 4.96. The Bertz CT molecular complexity index is 892. The summed E-state index contributed by atoms with van der Waals surface area (Å²) < 4.78 is 0.